The molecule has 0 amide bonds. The molecule has 0 saturated heterocycles. The van der Waals surface area contributed by atoms with Crippen molar-refractivity contribution in [3.8, 4) is 17.1 Å². The Kier molecular flexibility index (Phi) is 3.73. The Morgan fingerprint density at radius 1 is 0.611 bits per heavy atom. The molecule has 170 valence electrons. The minimum Gasteiger partial charge on any atom is -0.278 e. The van der Waals surface area contributed by atoms with Crippen molar-refractivity contribution in [2.75, 3.05) is 0 Å². The van der Waals surface area contributed by atoms with Crippen LogP contribution in [0.3, 0.4) is 0 Å². The molecule has 3 heteroatoms. The number of fused-ring (bicyclic) bond motifs is 10. The van der Waals surface area contributed by atoms with Gasteiger partial charge < -0.3 is 0 Å². The van der Waals surface area contributed by atoms with E-state index in [9.17, 15) is 0 Å². The molecule has 7 aromatic rings. The monoisotopic (exact) mass is 461 g/mol. The lowest BCUT2D eigenvalue weighted by molar-refractivity contribution is 0.669. The summed E-state index contributed by atoms with van der Waals surface area (Å²) in [6.45, 7) is 4.74. The van der Waals surface area contributed by atoms with Crippen LogP contribution in [-0.4, -0.2) is 14.5 Å². The van der Waals surface area contributed by atoms with Gasteiger partial charge in [0.15, 0.2) is 0 Å². The molecule has 0 saturated carbocycles. The van der Waals surface area contributed by atoms with Crippen LogP contribution < -0.4 is 0 Å². The van der Waals surface area contributed by atoms with Gasteiger partial charge in [-0.25, -0.2) is 9.97 Å². The van der Waals surface area contributed by atoms with E-state index in [1.165, 1.54) is 49.3 Å². The Balaban J connectivity index is 1.55. The van der Waals surface area contributed by atoms with Gasteiger partial charge in [0.25, 0.3) is 0 Å². The summed E-state index contributed by atoms with van der Waals surface area (Å²) >= 11 is 0. The normalized spacial score (nSPS) is 14.1. The third kappa shape index (κ3) is 2.42. The van der Waals surface area contributed by atoms with Gasteiger partial charge in [-0.05, 0) is 45.2 Å². The second-order valence-electron chi connectivity index (χ2n) is 10.3. The van der Waals surface area contributed by atoms with E-state index in [2.05, 4.69) is 103 Å². The predicted molar refractivity (Wildman–Crippen MR) is 149 cm³/mol. The smallest absolute Gasteiger partial charge is 0.235 e. The van der Waals surface area contributed by atoms with E-state index < -0.39 is 0 Å². The summed E-state index contributed by atoms with van der Waals surface area (Å²) in [6, 6.07) is 34.7. The van der Waals surface area contributed by atoms with Crippen LogP contribution in [0.1, 0.15) is 25.0 Å². The molecule has 5 aromatic carbocycles. The van der Waals surface area contributed by atoms with Crippen molar-refractivity contribution >= 4 is 43.5 Å². The summed E-state index contributed by atoms with van der Waals surface area (Å²) in [4.78, 5) is 9.92. The molecule has 2 aromatic heterocycles. The van der Waals surface area contributed by atoms with Gasteiger partial charge in [0.2, 0.25) is 5.95 Å². The number of para-hydroxylation sites is 2. The third-order valence-electron chi connectivity index (χ3n) is 7.98. The van der Waals surface area contributed by atoms with Crippen molar-refractivity contribution in [3.63, 3.8) is 0 Å². The number of benzene rings is 5. The molecule has 0 radical (unpaired) electrons. The van der Waals surface area contributed by atoms with Crippen LogP contribution in [0.25, 0.3) is 60.6 Å². The van der Waals surface area contributed by atoms with Crippen LogP contribution in [0.4, 0.5) is 0 Å². The SMILES string of the molecule is CC1(C)c2c(ccc3ccccc23)-c2ccc3c4ccccc4n(-c4ncc5ccccc5n4)c3c21. The van der Waals surface area contributed by atoms with Crippen LogP contribution in [0.15, 0.2) is 103 Å². The first-order valence-electron chi connectivity index (χ1n) is 12.4. The lowest BCUT2D eigenvalue weighted by Crippen LogP contribution is -2.17. The van der Waals surface area contributed by atoms with Crippen LogP contribution in [0.5, 0.6) is 0 Å². The molecule has 3 nitrogen and oxygen atoms in total. The molecule has 1 aliphatic carbocycles. The average molecular weight is 462 g/mol. The fraction of sp³-hybridized carbons (Fsp3) is 0.0909. The molecule has 0 fully saturated rings. The maximum Gasteiger partial charge on any atom is 0.235 e. The molecule has 2 heterocycles. The van der Waals surface area contributed by atoms with Crippen LogP contribution >= 0.6 is 0 Å². The van der Waals surface area contributed by atoms with E-state index in [1.807, 2.05) is 18.3 Å². The first kappa shape index (κ1) is 19.8. The Morgan fingerprint density at radius 2 is 1.31 bits per heavy atom. The van der Waals surface area contributed by atoms with Gasteiger partial charge in [0, 0.05) is 27.8 Å². The minimum absolute atomic E-state index is 0.186. The van der Waals surface area contributed by atoms with Gasteiger partial charge in [-0.1, -0.05) is 98.8 Å². The van der Waals surface area contributed by atoms with E-state index in [0.717, 1.165) is 16.4 Å². The molecule has 0 aliphatic heterocycles. The van der Waals surface area contributed by atoms with Crippen LogP contribution in [0.2, 0.25) is 0 Å². The molecule has 0 N–H and O–H groups in total. The minimum atomic E-state index is -0.186. The summed E-state index contributed by atoms with van der Waals surface area (Å²) in [5.41, 5.74) is 8.48. The zero-order chi connectivity index (χ0) is 24.0. The van der Waals surface area contributed by atoms with Gasteiger partial charge in [0.1, 0.15) is 0 Å². The second-order valence-corrected chi connectivity index (χ2v) is 10.3. The van der Waals surface area contributed by atoms with Crippen LogP contribution in [0, 0.1) is 0 Å². The van der Waals surface area contributed by atoms with Crippen molar-refractivity contribution in [1.82, 2.24) is 14.5 Å². The Bertz CT molecular complexity index is 2030. The highest BCUT2D eigenvalue weighted by atomic mass is 15.2. The summed E-state index contributed by atoms with van der Waals surface area (Å²) in [5.74, 6) is 0.713. The number of hydrogen-bond donors (Lipinski definition) is 0. The summed E-state index contributed by atoms with van der Waals surface area (Å²) < 4.78 is 2.28. The fourth-order valence-corrected chi connectivity index (χ4v) is 6.49. The van der Waals surface area contributed by atoms with E-state index >= 15 is 0 Å². The number of aromatic nitrogens is 3. The van der Waals surface area contributed by atoms with Gasteiger partial charge in [-0.15, -0.1) is 0 Å². The summed E-state index contributed by atoms with van der Waals surface area (Å²) in [6.07, 6.45) is 1.94. The van der Waals surface area contributed by atoms with Crippen molar-refractivity contribution in [2.45, 2.75) is 19.3 Å². The zero-order valence-corrected chi connectivity index (χ0v) is 20.2. The molecular formula is C33H23N3. The van der Waals surface area contributed by atoms with Crippen LogP contribution in [-0.2, 0) is 5.41 Å². The second kappa shape index (κ2) is 6.79. The van der Waals surface area contributed by atoms with E-state index in [4.69, 9.17) is 9.97 Å². The van der Waals surface area contributed by atoms with E-state index in [1.54, 1.807) is 0 Å². The van der Waals surface area contributed by atoms with Gasteiger partial charge in [-0.2, -0.15) is 0 Å². The zero-order valence-electron chi connectivity index (χ0n) is 20.2. The van der Waals surface area contributed by atoms with Gasteiger partial charge in [0.05, 0.1) is 16.6 Å². The van der Waals surface area contributed by atoms with Gasteiger partial charge in [-0.3, -0.25) is 4.57 Å². The topological polar surface area (TPSA) is 30.7 Å². The molecule has 36 heavy (non-hydrogen) atoms. The molecule has 0 spiro atoms. The lowest BCUT2D eigenvalue weighted by Gasteiger charge is -2.24. The number of hydrogen-bond acceptors (Lipinski definition) is 2. The van der Waals surface area contributed by atoms with E-state index in [0.29, 0.717) is 5.95 Å². The highest BCUT2D eigenvalue weighted by Gasteiger charge is 2.40. The Morgan fingerprint density at radius 3 is 2.19 bits per heavy atom. The van der Waals surface area contributed by atoms with Crippen molar-refractivity contribution < 1.29 is 0 Å². The molecule has 0 bridgehead atoms. The maximum atomic E-state index is 5.04. The Hall–Kier alpha value is -4.50. The standard InChI is InChI=1S/C33H23N3/c1-33(2)29-22-11-5-3-9-20(22)15-16-24(29)25-17-18-26-23-12-6-8-14-28(23)36(31(26)30(25)33)32-34-19-21-10-4-7-13-27(21)35-32/h3-19H,1-2H3. The largest absolute Gasteiger partial charge is 0.278 e. The molecule has 0 atom stereocenters. The van der Waals surface area contributed by atoms with Gasteiger partial charge >= 0.3 is 0 Å². The Labute approximate surface area is 208 Å². The van der Waals surface area contributed by atoms with Crippen molar-refractivity contribution in [3.05, 3.63) is 114 Å². The fourth-order valence-electron chi connectivity index (χ4n) is 6.49. The first-order valence-corrected chi connectivity index (χ1v) is 12.4. The summed E-state index contributed by atoms with van der Waals surface area (Å²) in [7, 11) is 0. The summed E-state index contributed by atoms with van der Waals surface area (Å²) in [5, 5.41) is 6.13. The molecule has 8 rings (SSSR count). The molecule has 1 aliphatic rings. The highest BCUT2D eigenvalue weighted by Crippen LogP contribution is 2.54. The maximum absolute atomic E-state index is 5.04. The molecular weight excluding hydrogens is 438 g/mol. The average Bonchev–Trinajstić information content (AvgIpc) is 3.37. The first-order chi connectivity index (χ1) is 17.6. The quantitative estimate of drug-likeness (QED) is 0.247. The number of nitrogens with zero attached hydrogens (tertiary/aromatic N) is 3. The van der Waals surface area contributed by atoms with Crippen molar-refractivity contribution in [1.29, 1.82) is 0 Å². The highest BCUT2D eigenvalue weighted by molar-refractivity contribution is 6.13. The molecule has 0 unspecified atom stereocenters. The van der Waals surface area contributed by atoms with E-state index in [-0.39, 0.29) is 5.41 Å². The lowest BCUT2D eigenvalue weighted by atomic mass is 9.79. The predicted octanol–water partition coefficient (Wildman–Crippen LogP) is 8.19. The third-order valence-corrected chi connectivity index (χ3v) is 7.98. The van der Waals surface area contributed by atoms with Crippen molar-refractivity contribution in [2.24, 2.45) is 0 Å². The number of rotatable bonds is 1.